The molecule has 0 aromatic carbocycles. The van der Waals surface area contributed by atoms with E-state index in [-0.39, 0.29) is 6.04 Å². The summed E-state index contributed by atoms with van der Waals surface area (Å²) in [7, 11) is 0. The second-order valence-electron chi connectivity index (χ2n) is 4.69. The summed E-state index contributed by atoms with van der Waals surface area (Å²) in [4.78, 5) is 5.91. The Bertz CT molecular complexity index is 328. The van der Waals surface area contributed by atoms with Crippen LogP contribution in [-0.2, 0) is 0 Å². The first-order valence-corrected chi connectivity index (χ1v) is 7.24. The van der Waals surface area contributed by atoms with E-state index in [1.807, 2.05) is 0 Å². The molecule has 2 aliphatic heterocycles. The Hall–Kier alpha value is -0.340. The number of hydrogen-bond acceptors (Lipinski definition) is 6. The number of hydrogen-bond donors (Lipinski definition) is 4. The molecule has 0 spiro atoms. The topological polar surface area (TPSA) is 96.5 Å². The maximum absolute atomic E-state index is 9.97. The maximum atomic E-state index is 9.97. The molecule has 2 rings (SSSR count). The van der Waals surface area contributed by atoms with E-state index in [4.69, 9.17) is 0 Å². The highest BCUT2D eigenvalue weighted by Crippen LogP contribution is 2.34. The molecule has 2 fully saturated rings. The molecule has 2 heterocycles. The zero-order valence-corrected chi connectivity index (χ0v) is 11.1. The van der Waals surface area contributed by atoms with Gasteiger partial charge in [0.15, 0.2) is 11.4 Å². The van der Waals surface area contributed by atoms with Crippen LogP contribution in [0.25, 0.3) is 0 Å². The van der Waals surface area contributed by atoms with Gasteiger partial charge in [0.1, 0.15) is 18.3 Å². The highest BCUT2D eigenvalue weighted by atomic mass is 32.2. The van der Waals surface area contributed by atoms with Gasteiger partial charge in [-0.1, -0.05) is 25.1 Å². The molecule has 0 bridgehead atoms. The Labute approximate surface area is 110 Å². The summed E-state index contributed by atoms with van der Waals surface area (Å²) in [5.41, 5.74) is 0. The van der Waals surface area contributed by atoms with Gasteiger partial charge in [0.05, 0.1) is 6.04 Å². The monoisotopic (exact) mass is 276 g/mol. The minimum Gasteiger partial charge on any atom is -0.388 e. The van der Waals surface area contributed by atoms with Crippen molar-refractivity contribution >= 4 is 16.9 Å². The SMILES string of the molecule is CCCCN=C1SCC2C(O)C(O)C(O)C(O)N12. The highest BCUT2D eigenvalue weighted by molar-refractivity contribution is 8.14. The van der Waals surface area contributed by atoms with Crippen LogP contribution in [-0.4, -0.2) is 73.4 Å². The number of rotatable bonds is 3. The molecule has 0 radical (unpaired) electrons. The number of aliphatic imine (C=N–C) groups is 1. The lowest BCUT2D eigenvalue weighted by molar-refractivity contribution is -0.190. The molecular weight excluding hydrogens is 256 g/mol. The third-order valence-corrected chi connectivity index (χ3v) is 4.51. The van der Waals surface area contributed by atoms with Crippen LogP contribution in [0.3, 0.4) is 0 Å². The van der Waals surface area contributed by atoms with Crippen molar-refractivity contribution in [3.63, 3.8) is 0 Å². The van der Waals surface area contributed by atoms with Gasteiger partial charge in [-0.15, -0.1) is 0 Å². The predicted molar refractivity (Wildman–Crippen MR) is 69.3 cm³/mol. The number of aliphatic hydroxyl groups excluding tert-OH is 4. The summed E-state index contributed by atoms with van der Waals surface area (Å²) in [5.74, 6) is 0.562. The molecule has 18 heavy (non-hydrogen) atoms. The third-order valence-electron chi connectivity index (χ3n) is 3.40. The van der Waals surface area contributed by atoms with Crippen LogP contribution >= 0.6 is 11.8 Å². The van der Waals surface area contributed by atoms with E-state index in [0.29, 0.717) is 17.5 Å². The Kier molecular flexibility index (Phi) is 4.50. The fourth-order valence-electron chi connectivity index (χ4n) is 2.26. The number of unbranched alkanes of at least 4 members (excludes halogenated alkanes) is 1. The first-order valence-electron chi connectivity index (χ1n) is 6.25. The Morgan fingerprint density at radius 3 is 2.61 bits per heavy atom. The Morgan fingerprint density at radius 2 is 1.94 bits per heavy atom. The molecule has 5 unspecified atom stereocenters. The van der Waals surface area contributed by atoms with Gasteiger partial charge in [-0.3, -0.25) is 4.99 Å². The van der Waals surface area contributed by atoms with Crippen LogP contribution in [0, 0.1) is 0 Å². The van der Waals surface area contributed by atoms with Crippen molar-refractivity contribution in [3.8, 4) is 0 Å². The van der Waals surface area contributed by atoms with Crippen LogP contribution in [0.1, 0.15) is 19.8 Å². The van der Waals surface area contributed by atoms with Gasteiger partial charge in [0.2, 0.25) is 0 Å². The minimum absolute atomic E-state index is 0.385. The van der Waals surface area contributed by atoms with Gasteiger partial charge >= 0.3 is 0 Å². The van der Waals surface area contributed by atoms with Gasteiger partial charge in [-0.05, 0) is 6.42 Å². The van der Waals surface area contributed by atoms with Crippen LogP contribution < -0.4 is 0 Å². The van der Waals surface area contributed by atoms with Gasteiger partial charge in [0, 0.05) is 12.3 Å². The smallest absolute Gasteiger partial charge is 0.161 e. The average molecular weight is 276 g/mol. The lowest BCUT2D eigenvalue weighted by atomic mass is 9.94. The molecule has 0 aromatic heterocycles. The van der Waals surface area contributed by atoms with Crippen molar-refractivity contribution in [2.75, 3.05) is 12.3 Å². The molecule has 0 aromatic rings. The van der Waals surface area contributed by atoms with E-state index in [2.05, 4.69) is 11.9 Å². The summed E-state index contributed by atoms with van der Waals surface area (Å²) in [5, 5.41) is 39.8. The average Bonchev–Trinajstić information content (AvgIpc) is 2.78. The fraction of sp³-hybridized carbons (Fsp3) is 0.909. The van der Waals surface area contributed by atoms with Crippen LogP contribution in [0.4, 0.5) is 0 Å². The number of aliphatic hydroxyl groups is 4. The number of nitrogens with zero attached hydrogens (tertiary/aromatic N) is 2. The second kappa shape index (κ2) is 5.75. The van der Waals surface area contributed by atoms with Crippen molar-refractivity contribution in [2.24, 2.45) is 4.99 Å². The van der Waals surface area contributed by atoms with Crippen molar-refractivity contribution in [1.29, 1.82) is 0 Å². The molecule has 0 amide bonds. The molecule has 2 saturated heterocycles. The third kappa shape index (κ3) is 2.37. The summed E-state index contributed by atoms with van der Waals surface area (Å²) in [6.45, 7) is 2.74. The summed E-state index contributed by atoms with van der Waals surface area (Å²) in [6.07, 6.45) is -2.94. The number of piperidine rings is 1. The lowest BCUT2D eigenvalue weighted by Crippen LogP contribution is -2.65. The first kappa shape index (κ1) is 14.1. The number of fused-ring (bicyclic) bond motifs is 1. The highest BCUT2D eigenvalue weighted by Gasteiger charge is 2.51. The molecule has 0 aliphatic carbocycles. The van der Waals surface area contributed by atoms with Crippen LogP contribution in [0.2, 0.25) is 0 Å². The minimum atomic E-state index is -1.37. The lowest BCUT2D eigenvalue weighted by Gasteiger charge is -2.44. The summed E-state index contributed by atoms with van der Waals surface area (Å²) >= 11 is 1.44. The fourth-order valence-corrected chi connectivity index (χ4v) is 3.51. The van der Waals surface area contributed by atoms with Crippen LogP contribution in [0.15, 0.2) is 4.99 Å². The van der Waals surface area contributed by atoms with Gasteiger partial charge in [-0.2, -0.15) is 0 Å². The molecular formula is C11H20N2O4S. The second-order valence-corrected chi connectivity index (χ2v) is 5.68. The zero-order chi connectivity index (χ0) is 13.3. The normalized spacial score (nSPS) is 42.4. The van der Waals surface area contributed by atoms with Crippen molar-refractivity contribution in [2.45, 2.75) is 50.3 Å². The molecule has 2 aliphatic rings. The van der Waals surface area contributed by atoms with E-state index in [9.17, 15) is 20.4 Å². The number of thioether (sulfide) groups is 1. The Morgan fingerprint density at radius 1 is 1.22 bits per heavy atom. The molecule has 0 saturated carbocycles. The summed E-state index contributed by atoms with van der Waals surface area (Å²) < 4.78 is 0. The van der Waals surface area contributed by atoms with E-state index in [1.54, 1.807) is 0 Å². The van der Waals surface area contributed by atoms with E-state index in [0.717, 1.165) is 12.8 Å². The standard InChI is InChI=1S/C11H20N2O4S/c1-2-3-4-12-11-13-6(5-18-11)7(14)8(15)9(16)10(13)17/h6-10,14-17H,2-5H2,1H3. The maximum Gasteiger partial charge on any atom is 0.161 e. The summed E-state index contributed by atoms with van der Waals surface area (Å²) in [6, 6.07) is -0.385. The van der Waals surface area contributed by atoms with E-state index < -0.39 is 24.5 Å². The number of amidine groups is 1. The van der Waals surface area contributed by atoms with Crippen molar-refractivity contribution in [3.05, 3.63) is 0 Å². The van der Waals surface area contributed by atoms with Crippen LogP contribution in [0.5, 0.6) is 0 Å². The van der Waals surface area contributed by atoms with Crippen molar-refractivity contribution < 1.29 is 20.4 Å². The predicted octanol–water partition coefficient (Wildman–Crippen LogP) is -1.03. The largest absolute Gasteiger partial charge is 0.388 e. The van der Waals surface area contributed by atoms with Gasteiger partial charge in [-0.25, -0.2) is 0 Å². The molecule has 5 atom stereocenters. The van der Waals surface area contributed by atoms with Gasteiger partial charge < -0.3 is 25.3 Å². The Balaban J connectivity index is 2.13. The molecule has 4 N–H and O–H groups in total. The van der Waals surface area contributed by atoms with Gasteiger partial charge in [0.25, 0.3) is 0 Å². The van der Waals surface area contributed by atoms with Crippen molar-refractivity contribution in [1.82, 2.24) is 4.90 Å². The van der Waals surface area contributed by atoms with E-state index >= 15 is 0 Å². The molecule has 7 heteroatoms. The first-order chi connectivity index (χ1) is 8.57. The molecule has 104 valence electrons. The zero-order valence-electron chi connectivity index (χ0n) is 10.3. The quantitative estimate of drug-likeness (QED) is 0.493. The molecule has 6 nitrogen and oxygen atoms in total. The van der Waals surface area contributed by atoms with E-state index in [1.165, 1.54) is 16.7 Å².